The molecule has 4 nitrogen and oxygen atoms in total. The van der Waals surface area contributed by atoms with E-state index in [4.69, 9.17) is 22.1 Å². The third-order valence-electron chi connectivity index (χ3n) is 2.21. The molecule has 0 heterocycles. The molecule has 0 saturated heterocycles. The van der Waals surface area contributed by atoms with Crippen molar-refractivity contribution in [2.24, 2.45) is 5.73 Å². The number of carbonyl (C=O) groups excluding carboxylic acids is 1. The third-order valence-corrected chi connectivity index (χ3v) is 2.55. The third kappa shape index (κ3) is 4.55. The molecule has 0 fully saturated rings. The van der Waals surface area contributed by atoms with Gasteiger partial charge < -0.3 is 15.8 Å². The van der Waals surface area contributed by atoms with Crippen LogP contribution in [-0.2, 0) is 4.74 Å². The van der Waals surface area contributed by atoms with Gasteiger partial charge >= 0.3 is 6.09 Å². The molecule has 100 valence electrons. The van der Waals surface area contributed by atoms with Gasteiger partial charge in [-0.2, -0.15) is 0 Å². The number of nitrogens with two attached hydrogens (primary N) is 1. The van der Waals surface area contributed by atoms with Crippen molar-refractivity contribution < 1.29 is 9.53 Å². The lowest BCUT2D eigenvalue weighted by molar-refractivity contribution is 0.0505. The van der Waals surface area contributed by atoms with Gasteiger partial charge in [0.15, 0.2) is 0 Å². The average molecular weight is 271 g/mol. The van der Waals surface area contributed by atoms with Crippen LogP contribution < -0.4 is 11.1 Å². The highest BCUT2D eigenvalue weighted by Gasteiger charge is 2.20. The molecule has 1 unspecified atom stereocenters. The van der Waals surface area contributed by atoms with E-state index in [1.807, 2.05) is 18.2 Å². The summed E-state index contributed by atoms with van der Waals surface area (Å²) >= 11 is 6.07. The lowest BCUT2D eigenvalue weighted by Gasteiger charge is -2.23. The summed E-state index contributed by atoms with van der Waals surface area (Å²) in [7, 11) is 0. The van der Waals surface area contributed by atoms with E-state index in [0.717, 1.165) is 5.56 Å². The zero-order valence-corrected chi connectivity index (χ0v) is 11.6. The molecule has 0 saturated carbocycles. The van der Waals surface area contributed by atoms with Crippen molar-refractivity contribution in [2.75, 3.05) is 6.54 Å². The van der Waals surface area contributed by atoms with E-state index in [2.05, 4.69) is 5.32 Å². The van der Waals surface area contributed by atoms with Crippen molar-refractivity contribution >= 4 is 17.7 Å². The van der Waals surface area contributed by atoms with Crippen molar-refractivity contribution in [2.45, 2.75) is 32.4 Å². The summed E-state index contributed by atoms with van der Waals surface area (Å²) < 4.78 is 5.18. The lowest BCUT2D eigenvalue weighted by Crippen LogP contribution is -2.37. The van der Waals surface area contributed by atoms with Gasteiger partial charge in [-0.3, -0.25) is 0 Å². The first-order valence-corrected chi connectivity index (χ1v) is 6.15. The second kappa shape index (κ2) is 6.07. The highest BCUT2D eigenvalue weighted by atomic mass is 35.5. The fraction of sp³-hybridized carbons (Fsp3) is 0.462. The van der Waals surface area contributed by atoms with Crippen LogP contribution in [0.3, 0.4) is 0 Å². The number of rotatable bonds is 3. The molecular weight excluding hydrogens is 252 g/mol. The van der Waals surface area contributed by atoms with Crippen LogP contribution >= 0.6 is 11.6 Å². The number of alkyl carbamates (subject to hydrolysis) is 1. The molecule has 0 bridgehead atoms. The molecule has 1 aromatic carbocycles. The standard InChI is InChI=1S/C13H19ClN2O2/c1-13(2,3)18-12(17)16-11(8-15)9-6-4-5-7-10(9)14/h4-7,11H,8,15H2,1-3H3,(H,16,17). The molecule has 0 aliphatic heterocycles. The predicted molar refractivity (Wildman–Crippen MR) is 72.6 cm³/mol. The van der Waals surface area contributed by atoms with E-state index in [1.54, 1.807) is 26.8 Å². The van der Waals surface area contributed by atoms with E-state index >= 15 is 0 Å². The van der Waals surface area contributed by atoms with Crippen LogP contribution in [0.5, 0.6) is 0 Å². The first-order valence-electron chi connectivity index (χ1n) is 5.77. The molecule has 0 radical (unpaired) electrons. The number of halogens is 1. The molecule has 1 atom stereocenters. The number of nitrogens with one attached hydrogen (secondary N) is 1. The Morgan fingerprint density at radius 1 is 1.44 bits per heavy atom. The molecule has 1 amide bonds. The van der Waals surface area contributed by atoms with Gasteiger partial charge in [-0.1, -0.05) is 29.8 Å². The number of benzene rings is 1. The molecule has 0 aliphatic rings. The number of ether oxygens (including phenoxy) is 1. The maximum atomic E-state index is 11.7. The van der Waals surface area contributed by atoms with Gasteiger partial charge in [0, 0.05) is 11.6 Å². The largest absolute Gasteiger partial charge is 0.444 e. The van der Waals surface area contributed by atoms with E-state index in [1.165, 1.54) is 0 Å². The van der Waals surface area contributed by atoms with Crippen LogP contribution in [0.15, 0.2) is 24.3 Å². The Hall–Kier alpha value is -1.26. The van der Waals surface area contributed by atoms with Gasteiger partial charge in [-0.25, -0.2) is 4.79 Å². The Morgan fingerprint density at radius 3 is 2.56 bits per heavy atom. The summed E-state index contributed by atoms with van der Waals surface area (Å²) in [6.45, 7) is 5.67. The summed E-state index contributed by atoms with van der Waals surface area (Å²) in [6.07, 6.45) is -0.502. The summed E-state index contributed by atoms with van der Waals surface area (Å²) in [5, 5.41) is 3.28. The van der Waals surface area contributed by atoms with Crippen molar-refractivity contribution in [1.82, 2.24) is 5.32 Å². The topological polar surface area (TPSA) is 64.3 Å². The van der Waals surface area contributed by atoms with Crippen LogP contribution in [0.25, 0.3) is 0 Å². The van der Waals surface area contributed by atoms with Gasteiger partial charge in [-0.05, 0) is 32.4 Å². The van der Waals surface area contributed by atoms with Crippen molar-refractivity contribution in [3.63, 3.8) is 0 Å². The van der Waals surface area contributed by atoms with Crippen LogP contribution in [0.1, 0.15) is 32.4 Å². The lowest BCUT2D eigenvalue weighted by atomic mass is 10.1. The predicted octanol–water partition coefficient (Wildman–Crippen LogP) is 2.86. The summed E-state index contributed by atoms with van der Waals surface area (Å²) in [6, 6.07) is 6.91. The molecule has 18 heavy (non-hydrogen) atoms. The minimum Gasteiger partial charge on any atom is -0.444 e. The molecule has 0 spiro atoms. The Labute approximate surface area is 112 Å². The minimum absolute atomic E-state index is 0.253. The molecule has 0 aliphatic carbocycles. The molecular formula is C13H19ClN2O2. The number of hydrogen-bond acceptors (Lipinski definition) is 3. The zero-order valence-electron chi connectivity index (χ0n) is 10.9. The molecule has 1 aromatic rings. The zero-order chi connectivity index (χ0) is 13.8. The van der Waals surface area contributed by atoms with Crippen molar-refractivity contribution in [3.8, 4) is 0 Å². The summed E-state index contributed by atoms with van der Waals surface area (Å²) in [4.78, 5) is 11.7. The Kier molecular flexibility index (Phi) is 4.99. The monoisotopic (exact) mass is 270 g/mol. The van der Waals surface area contributed by atoms with Crippen LogP contribution in [0, 0.1) is 0 Å². The van der Waals surface area contributed by atoms with Crippen LogP contribution in [0.2, 0.25) is 5.02 Å². The second-order valence-corrected chi connectivity index (χ2v) is 5.36. The van der Waals surface area contributed by atoms with Crippen LogP contribution in [-0.4, -0.2) is 18.2 Å². The minimum atomic E-state index is -0.538. The first-order chi connectivity index (χ1) is 8.33. The number of hydrogen-bond donors (Lipinski definition) is 2. The Morgan fingerprint density at radius 2 is 2.06 bits per heavy atom. The highest BCUT2D eigenvalue weighted by Crippen LogP contribution is 2.22. The number of amides is 1. The van der Waals surface area contributed by atoms with Crippen LogP contribution in [0.4, 0.5) is 4.79 Å². The summed E-state index contributed by atoms with van der Waals surface area (Å²) in [5.41, 5.74) is 5.90. The molecule has 3 N–H and O–H groups in total. The van der Waals surface area contributed by atoms with E-state index in [9.17, 15) is 4.79 Å². The highest BCUT2D eigenvalue weighted by molar-refractivity contribution is 6.31. The second-order valence-electron chi connectivity index (χ2n) is 4.96. The first kappa shape index (κ1) is 14.8. The normalized spacial score (nSPS) is 12.9. The molecule has 5 heteroatoms. The molecule has 0 aromatic heterocycles. The van der Waals surface area contributed by atoms with Gasteiger partial charge in [0.25, 0.3) is 0 Å². The average Bonchev–Trinajstić information content (AvgIpc) is 2.24. The maximum absolute atomic E-state index is 11.7. The fourth-order valence-corrected chi connectivity index (χ4v) is 1.74. The van der Waals surface area contributed by atoms with E-state index in [-0.39, 0.29) is 12.6 Å². The SMILES string of the molecule is CC(C)(C)OC(=O)NC(CN)c1ccccc1Cl. The van der Waals surface area contributed by atoms with E-state index in [0.29, 0.717) is 5.02 Å². The van der Waals surface area contributed by atoms with Gasteiger partial charge in [0.2, 0.25) is 0 Å². The van der Waals surface area contributed by atoms with Gasteiger partial charge in [0.05, 0.1) is 6.04 Å². The van der Waals surface area contributed by atoms with Crippen molar-refractivity contribution in [1.29, 1.82) is 0 Å². The maximum Gasteiger partial charge on any atom is 0.408 e. The Bertz CT molecular complexity index is 416. The number of carbonyl (C=O) groups is 1. The van der Waals surface area contributed by atoms with Crippen molar-refractivity contribution in [3.05, 3.63) is 34.9 Å². The smallest absolute Gasteiger partial charge is 0.408 e. The Balaban J connectivity index is 2.74. The fourth-order valence-electron chi connectivity index (χ4n) is 1.47. The summed E-state index contributed by atoms with van der Waals surface area (Å²) in [5.74, 6) is 0. The van der Waals surface area contributed by atoms with E-state index < -0.39 is 11.7 Å². The van der Waals surface area contributed by atoms with Gasteiger partial charge in [0.1, 0.15) is 5.60 Å². The molecule has 1 rings (SSSR count). The quantitative estimate of drug-likeness (QED) is 0.888. The van der Waals surface area contributed by atoms with Gasteiger partial charge in [-0.15, -0.1) is 0 Å².